The van der Waals surface area contributed by atoms with E-state index in [-0.39, 0.29) is 36.4 Å². The Balaban J connectivity index is 1.41. The van der Waals surface area contributed by atoms with E-state index in [0.29, 0.717) is 18.4 Å². The highest BCUT2D eigenvalue weighted by atomic mass is 19.1. The number of hydrogen-bond acceptors (Lipinski definition) is 6. The molecule has 3 aliphatic heterocycles. The Morgan fingerprint density at radius 1 is 1.33 bits per heavy atom. The van der Waals surface area contributed by atoms with Crippen molar-refractivity contribution in [3.63, 3.8) is 0 Å². The summed E-state index contributed by atoms with van der Waals surface area (Å²) < 4.78 is 33.8. The number of fused-ring (bicyclic) bond motifs is 1. The molecule has 2 saturated heterocycles. The van der Waals surface area contributed by atoms with Gasteiger partial charge in [-0.2, -0.15) is 5.26 Å². The number of anilines is 1. The third-order valence-electron chi connectivity index (χ3n) is 7.89. The average molecular weight is 502 g/mol. The molecular formula is C25H29F2N5O4. The number of benzene rings is 1. The third kappa shape index (κ3) is 4.17. The van der Waals surface area contributed by atoms with Crippen LogP contribution in [0.25, 0.3) is 0 Å². The van der Waals surface area contributed by atoms with Crippen LogP contribution in [0.3, 0.4) is 0 Å². The molecule has 4 aliphatic rings. The van der Waals surface area contributed by atoms with E-state index in [1.165, 1.54) is 9.80 Å². The summed E-state index contributed by atoms with van der Waals surface area (Å²) in [6.07, 6.45) is 3.89. The van der Waals surface area contributed by atoms with Crippen molar-refractivity contribution < 1.29 is 27.9 Å². The molecule has 1 N–H and O–H groups in total. The largest absolute Gasteiger partial charge is 0.473 e. The minimum Gasteiger partial charge on any atom is -0.473 e. The van der Waals surface area contributed by atoms with Gasteiger partial charge in [-0.1, -0.05) is 12.8 Å². The number of hydrogen-bond donors (Lipinski definition) is 1. The maximum Gasteiger partial charge on any atom is 0.270 e. The molecule has 1 aromatic carbocycles. The van der Waals surface area contributed by atoms with Gasteiger partial charge in [-0.25, -0.2) is 8.78 Å². The zero-order valence-electron chi connectivity index (χ0n) is 20.3. The number of ether oxygens (including phenoxy) is 1. The fourth-order valence-corrected chi connectivity index (χ4v) is 5.59. The molecule has 1 aromatic rings. The van der Waals surface area contributed by atoms with E-state index >= 15 is 0 Å². The highest BCUT2D eigenvalue weighted by molar-refractivity contribution is 6.02. The van der Waals surface area contributed by atoms with E-state index in [0.717, 1.165) is 38.3 Å². The fraction of sp³-hybridized carbons (Fsp3) is 0.600. The predicted molar refractivity (Wildman–Crippen MR) is 124 cm³/mol. The van der Waals surface area contributed by atoms with Crippen molar-refractivity contribution in [3.05, 3.63) is 23.8 Å². The van der Waals surface area contributed by atoms with Gasteiger partial charge in [-0.3, -0.25) is 19.3 Å². The summed E-state index contributed by atoms with van der Waals surface area (Å²) in [7, 11) is 3.51. The topological polar surface area (TPSA) is 106 Å². The first-order valence-electron chi connectivity index (χ1n) is 12.3. The molecule has 1 aliphatic carbocycles. The number of amides is 3. The van der Waals surface area contributed by atoms with Crippen LogP contribution < -0.4 is 10.1 Å². The van der Waals surface area contributed by atoms with Crippen LogP contribution in [-0.4, -0.2) is 83.3 Å². The number of likely N-dealkylation sites (tertiary alicyclic amines) is 2. The highest BCUT2D eigenvalue weighted by Gasteiger charge is 2.57. The minimum atomic E-state index is -1.67. The number of carbonyl (C=O) groups excluding carboxylic acids is 3. The summed E-state index contributed by atoms with van der Waals surface area (Å²) >= 11 is 0. The lowest BCUT2D eigenvalue weighted by Gasteiger charge is -2.36. The van der Waals surface area contributed by atoms with Crippen molar-refractivity contribution in [2.45, 2.75) is 62.3 Å². The number of carbonyl (C=O) groups is 3. The van der Waals surface area contributed by atoms with Crippen LogP contribution >= 0.6 is 0 Å². The standard InChI is InChI=1S/C25H29F2N5O4/c1-30-7-3-4-18(30)22(33)31(2)19(8-14-5-6-14)23(34)32-13-25(11-16(32)12-28)24(35)29-21-17(27)9-15(26)10-20(21)36-25/h9-10,14,16,18-19H,3-8,11,13H2,1-2H3,(H,29,35)/t16-,18-,19-,25+/m0/s1. The summed E-state index contributed by atoms with van der Waals surface area (Å²) in [5.74, 6) is -2.98. The van der Waals surface area contributed by atoms with Crippen LogP contribution in [0, 0.1) is 28.9 Å². The summed E-state index contributed by atoms with van der Waals surface area (Å²) in [4.78, 5) is 45.0. The van der Waals surface area contributed by atoms with Crippen molar-refractivity contribution in [3.8, 4) is 11.8 Å². The van der Waals surface area contributed by atoms with Crippen molar-refractivity contribution in [2.24, 2.45) is 5.92 Å². The SMILES string of the molecule is CN1CCC[C@H]1C(=O)N(C)[C@@H](CC1CC1)C(=O)N1C[C@@]2(C[C@H]1C#N)Oc1cc(F)cc(F)c1NC2=O. The Morgan fingerprint density at radius 3 is 2.72 bits per heavy atom. The number of nitrogens with one attached hydrogen (secondary N) is 1. The maximum absolute atomic E-state index is 14.2. The molecule has 3 fully saturated rings. The molecule has 3 heterocycles. The van der Waals surface area contributed by atoms with Gasteiger partial charge in [0.25, 0.3) is 5.91 Å². The summed E-state index contributed by atoms with van der Waals surface area (Å²) in [6, 6.07) is 1.60. The van der Waals surface area contributed by atoms with Crippen LogP contribution in [0.15, 0.2) is 12.1 Å². The molecule has 1 saturated carbocycles. The lowest BCUT2D eigenvalue weighted by atomic mass is 9.97. The average Bonchev–Trinajstić information content (AvgIpc) is 3.44. The number of nitriles is 1. The van der Waals surface area contributed by atoms with E-state index in [4.69, 9.17) is 4.74 Å². The van der Waals surface area contributed by atoms with Crippen LogP contribution in [0.4, 0.5) is 14.5 Å². The van der Waals surface area contributed by atoms with Crippen LogP contribution in [-0.2, 0) is 14.4 Å². The van der Waals surface area contributed by atoms with E-state index in [1.54, 1.807) is 7.05 Å². The van der Waals surface area contributed by atoms with Gasteiger partial charge >= 0.3 is 0 Å². The molecule has 4 atom stereocenters. The second kappa shape index (κ2) is 9.00. The quantitative estimate of drug-likeness (QED) is 0.661. The van der Waals surface area contributed by atoms with Gasteiger partial charge in [-0.05, 0) is 38.8 Å². The second-order valence-electron chi connectivity index (χ2n) is 10.4. The number of rotatable bonds is 5. The molecule has 9 nitrogen and oxygen atoms in total. The summed E-state index contributed by atoms with van der Waals surface area (Å²) in [6.45, 7) is 0.547. The Morgan fingerprint density at radius 2 is 2.08 bits per heavy atom. The van der Waals surface area contributed by atoms with Gasteiger partial charge in [0.05, 0.1) is 18.7 Å². The Hall–Kier alpha value is -3.26. The first-order valence-corrected chi connectivity index (χ1v) is 12.3. The van der Waals surface area contributed by atoms with Crippen LogP contribution in [0.1, 0.15) is 38.5 Å². The first-order chi connectivity index (χ1) is 17.1. The van der Waals surface area contributed by atoms with E-state index in [9.17, 15) is 28.4 Å². The summed E-state index contributed by atoms with van der Waals surface area (Å²) in [5, 5.41) is 12.3. The zero-order chi connectivity index (χ0) is 25.8. The molecule has 0 bridgehead atoms. The molecule has 11 heteroatoms. The fourth-order valence-electron chi connectivity index (χ4n) is 5.59. The van der Waals surface area contributed by atoms with Crippen molar-refractivity contribution in [1.29, 1.82) is 5.26 Å². The van der Waals surface area contributed by atoms with Crippen molar-refractivity contribution in [2.75, 3.05) is 32.5 Å². The zero-order valence-corrected chi connectivity index (χ0v) is 20.3. The van der Waals surface area contributed by atoms with Crippen molar-refractivity contribution >= 4 is 23.4 Å². The smallest absolute Gasteiger partial charge is 0.270 e. The second-order valence-corrected chi connectivity index (χ2v) is 10.4. The molecule has 0 aromatic heterocycles. The molecule has 0 unspecified atom stereocenters. The van der Waals surface area contributed by atoms with Gasteiger partial charge < -0.3 is 19.9 Å². The van der Waals surface area contributed by atoms with Gasteiger partial charge in [0, 0.05) is 25.6 Å². The van der Waals surface area contributed by atoms with Gasteiger partial charge in [-0.15, -0.1) is 0 Å². The van der Waals surface area contributed by atoms with Gasteiger partial charge in [0.15, 0.2) is 11.6 Å². The number of likely N-dealkylation sites (N-methyl/N-ethyl adjacent to an activating group) is 2. The van der Waals surface area contributed by atoms with E-state index in [2.05, 4.69) is 11.4 Å². The van der Waals surface area contributed by atoms with Crippen molar-refractivity contribution in [1.82, 2.24) is 14.7 Å². The number of halogens is 2. The summed E-state index contributed by atoms with van der Waals surface area (Å²) in [5.41, 5.74) is -1.94. The lowest BCUT2D eigenvalue weighted by Crippen LogP contribution is -2.56. The van der Waals surface area contributed by atoms with E-state index < -0.39 is 41.1 Å². The van der Waals surface area contributed by atoms with Crippen LogP contribution in [0.5, 0.6) is 5.75 Å². The third-order valence-corrected chi connectivity index (χ3v) is 7.89. The Bertz CT molecular complexity index is 1150. The molecule has 1 spiro atoms. The van der Waals surface area contributed by atoms with Gasteiger partial charge in [0.2, 0.25) is 17.4 Å². The Kier molecular flexibility index (Phi) is 6.11. The molecule has 5 rings (SSSR count). The number of nitrogens with zero attached hydrogens (tertiary/aromatic N) is 4. The first kappa shape index (κ1) is 24.4. The maximum atomic E-state index is 14.2. The molecular weight excluding hydrogens is 472 g/mol. The predicted octanol–water partition coefficient (Wildman–Crippen LogP) is 1.88. The molecule has 0 radical (unpaired) electrons. The monoisotopic (exact) mass is 501 g/mol. The van der Waals surface area contributed by atoms with Gasteiger partial charge in [0.1, 0.15) is 23.6 Å². The highest BCUT2D eigenvalue weighted by Crippen LogP contribution is 2.42. The molecule has 192 valence electrons. The molecule has 36 heavy (non-hydrogen) atoms. The van der Waals surface area contributed by atoms with Crippen LogP contribution in [0.2, 0.25) is 0 Å². The Labute approximate surface area is 207 Å². The minimum absolute atomic E-state index is 0.136. The normalized spacial score (nSPS) is 28.3. The lowest BCUT2D eigenvalue weighted by molar-refractivity contribution is -0.148. The van der Waals surface area contributed by atoms with E-state index in [1.807, 2.05) is 11.9 Å². The molecule has 3 amide bonds.